The smallest absolute Gasteiger partial charge is 0.154 e. The van der Waals surface area contributed by atoms with Gasteiger partial charge in [-0.15, -0.1) is 10.2 Å². The van der Waals surface area contributed by atoms with Crippen LogP contribution in [0.5, 0.6) is 0 Å². The molecular formula is C20H27N9O. The number of piperazine rings is 2. The Hall–Kier alpha value is -2.98. The molecule has 2 fully saturated rings. The third-order valence-electron chi connectivity index (χ3n) is 5.96. The van der Waals surface area contributed by atoms with Crippen molar-refractivity contribution in [2.24, 2.45) is 0 Å². The Morgan fingerprint density at radius 2 is 1.40 bits per heavy atom. The lowest BCUT2D eigenvalue weighted by Crippen LogP contribution is -2.48. The molecule has 2 saturated heterocycles. The second kappa shape index (κ2) is 8.41. The van der Waals surface area contributed by atoms with E-state index in [9.17, 15) is 0 Å². The molecule has 3 aromatic rings. The van der Waals surface area contributed by atoms with Gasteiger partial charge in [0.2, 0.25) is 0 Å². The number of nitrogens with zero attached hydrogens (tertiary/aromatic N) is 9. The number of aliphatic hydroxyl groups excluding tert-OH is 1. The fraction of sp³-hybridized carbons (Fsp3) is 0.500. The molecule has 0 aromatic carbocycles. The van der Waals surface area contributed by atoms with Crippen molar-refractivity contribution in [1.29, 1.82) is 0 Å². The summed E-state index contributed by atoms with van der Waals surface area (Å²) in [4.78, 5) is 13.7. The minimum absolute atomic E-state index is 0.218. The van der Waals surface area contributed by atoms with E-state index in [1.54, 1.807) is 12.4 Å². The summed E-state index contributed by atoms with van der Waals surface area (Å²) < 4.78 is 1.86. The molecule has 2 aliphatic heterocycles. The molecule has 2 aliphatic rings. The molecule has 10 nitrogen and oxygen atoms in total. The van der Waals surface area contributed by atoms with Crippen LogP contribution in [0.2, 0.25) is 0 Å². The van der Waals surface area contributed by atoms with Gasteiger partial charge in [-0.2, -0.15) is 5.10 Å². The summed E-state index contributed by atoms with van der Waals surface area (Å²) in [6, 6.07) is 6.15. The van der Waals surface area contributed by atoms with E-state index >= 15 is 0 Å². The first kappa shape index (κ1) is 19.0. The minimum atomic E-state index is 0.218. The van der Waals surface area contributed by atoms with Gasteiger partial charge >= 0.3 is 0 Å². The van der Waals surface area contributed by atoms with Crippen molar-refractivity contribution >= 4 is 23.0 Å². The Morgan fingerprint density at radius 3 is 2.03 bits per heavy atom. The second-order valence-electron chi connectivity index (χ2n) is 7.69. The molecule has 0 aliphatic carbocycles. The minimum Gasteiger partial charge on any atom is -0.395 e. The monoisotopic (exact) mass is 409 g/mol. The molecule has 3 aromatic heterocycles. The number of aromatic nitrogens is 5. The van der Waals surface area contributed by atoms with Gasteiger partial charge in [0, 0.05) is 71.3 Å². The number of β-amino-alcohol motifs (C(OH)–C–C–N with tert-alkyl or cyclic N) is 1. The fourth-order valence-electron chi connectivity index (χ4n) is 4.23. The van der Waals surface area contributed by atoms with Gasteiger partial charge in [0.25, 0.3) is 0 Å². The molecular weight excluding hydrogens is 382 g/mol. The lowest BCUT2D eigenvalue weighted by atomic mass is 10.3. The molecule has 158 valence electrons. The molecule has 5 heterocycles. The molecule has 0 atom stereocenters. The van der Waals surface area contributed by atoms with E-state index in [4.69, 9.17) is 5.11 Å². The van der Waals surface area contributed by atoms with Crippen molar-refractivity contribution in [2.45, 2.75) is 0 Å². The normalized spacial score (nSPS) is 18.4. The van der Waals surface area contributed by atoms with E-state index in [1.165, 1.54) is 0 Å². The van der Waals surface area contributed by atoms with Gasteiger partial charge < -0.3 is 19.8 Å². The highest BCUT2D eigenvalue weighted by Gasteiger charge is 2.22. The standard InChI is InChI=1S/C20H27N9O/c30-16-15-25-7-9-26(10-8-25)18-1-2-19(24-23-18)27-11-13-28(14-12-27)20-17-3-4-22-29(17)6-5-21-20/h1-6,30H,7-16H2. The Balaban J connectivity index is 1.19. The van der Waals surface area contributed by atoms with Crippen molar-refractivity contribution in [2.75, 3.05) is 80.2 Å². The summed E-state index contributed by atoms with van der Waals surface area (Å²) in [6.07, 6.45) is 5.48. The van der Waals surface area contributed by atoms with Crippen molar-refractivity contribution in [3.63, 3.8) is 0 Å². The van der Waals surface area contributed by atoms with Gasteiger partial charge in [-0.25, -0.2) is 9.50 Å². The first-order chi connectivity index (χ1) is 14.8. The van der Waals surface area contributed by atoms with E-state index in [0.717, 1.165) is 81.9 Å². The molecule has 0 amide bonds. The molecule has 0 bridgehead atoms. The maximum absolute atomic E-state index is 9.08. The molecule has 0 saturated carbocycles. The van der Waals surface area contributed by atoms with Crippen LogP contribution >= 0.6 is 0 Å². The molecule has 0 unspecified atom stereocenters. The Bertz CT molecular complexity index is 960. The quantitative estimate of drug-likeness (QED) is 0.623. The van der Waals surface area contributed by atoms with Gasteiger partial charge in [-0.1, -0.05) is 0 Å². The van der Waals surface area contributed by atoms with Crippen LogP contribution in [0.4, 0.5) is 17.5 Å². The Kier molecular flexibility index (Phi) is 5.33. The number of anilines is 3. The van der Waals surface area contributed by atoms with Crippen molar-refractivity contribution in [1.82, 2.24) is 29.7 Å². The number of rotatable bonds is 5. The number of aliphatic hydroxyl groups is 1. The lowest BCUT2D eigenvalue weighted by molar-refractivity contribution is 0.188. The van der Waals surface area contributed by atoms with Crippen LogP contribution in [0.3, 0.4) is 0 Å². The van der Waals surface area contributed by atoms with E-state index in [2.05, 4.69) is 52.0 Å². The summed E-state index contributed by atoms with van der Waals surface area (Å²) in [5.41, 5.74) is 1.04. The fourth-order valence-corrected chi connectivity index (χ4v) is 4.23. The zero-order valence-electron chi connectivity index (χ0n) is 17.0. The number of hydrogen-bond acceptors (Lipinski definition) is 9. The average molecular weight is 409 g/mol. The van der Waals surface area contributed by atoms with Crippen LogP contribution < -0.4 is 14.7 Å². The third kappa shape index (κ3) is 3.75. The number of fused-ring (bicyclic) bond motifs is 1. The first-order valence-corrected chi connectivity index (χ1v) is 10.5. The molecule has 10 heteroatoms. The number of hydrogen-bond donors (Lipinski definition) is 1. The Labute approximate surface area is 175 Å². The van der Waals surface area contributed by atoms with Crippen molar-refractivity contribution in [3.8, 4) is 0 Å². The van der Waals surface area contributed by atoms with E-state index in [1.807, 2.05) is 16.8 Å². The molecule has 30 heavy (non-hydrogen) atoms. The molecule has 1 N–H and O–H groups in total. The highest BCUT2D eigenvalue weighted by atomic mass is 16.3. The predicted octanol–water partition coefficient (Wildman–Crippen LogP) is -0.0398. The highest BCUT2D eigenvalue weighted by molar-refractivity contribution is 5.68. The summed E-state index contributed by atoms with van der Waals surface area (Å²) >= 11 is 0. The SMILES string of the molecule is OCCN1CCN(c2ccc(N3CCN(c4nccn5nccc45)CC3)nn2)CC1. The van der Waals surface area contributed by atoms with Gasteiger partial charge in [-0.05, 0) is 18.2 Å². The Morgan fingerprint density at radius 1 is 0.767 bits per heavy atom. The molecule has 0 radical (unpaired) electrons. The highest BCUT2D eigenvalue weighted by Crippen LogP contribution is 2.22. The third-order valence-corrected chi connectivity index (χ3v) is 5.96. The van der Waals surface area contributed by atoms with Crippen LogP contribution in [0.15, 0.2) is 36.8 Å². The summed E-state index contributed by atoms with van der Waals surface area (Å²) in [5, 5.41) is 22.4. The zero-order valence-corrected chi connectivity index (χ0v) is 17.0. The maximum Gasteiger partial charge on any atom is 0.154 e. The van der Waals surface area contributed by atoms with Gasteiger partial charge in [0.05, 0.1) is 12.8 Å². The summed E-state index contributed by atoms with van der Waals surface area (Å²) in [7, 11) is 0. The van der Waals surface area contributed by atoms with Gasteiger partial charge in [-0.3, -0.25) is 4.90 Å². The first-order valence-electron chi connectivity index (χ1n) is 10.5. The van der Waals surface area contributed by atoms with E-state index < -0.39 is 0 Å². The summed E-state index contributed by atoms with van der Waals surface area (Å²) in [5.74, 6) is 2.84. The van der Waals surface area contributed by atoms with E-state index in [-0.39, 0.29) is 6.61 Å². The predicted molar refractivity (Wildman–Crippen MR) is 115 cm³/mol. The van der Waals surface area contributed by atoms with Crippen LogP contribution in [0, 0.1) is 0 Å². The van der Waals surface area contributed by atoms with Gasteiger partial charge in [0.15, 0.2) is 17.5 Å². The second-order valence-corrected chi connectivity index (χ2v) is 7.69. The molecule has 5 rings (SSSR count). The maximum atomic E-state index is 9.08. The average Bonchev–Trinajstić information content (AvgIpc) is 3.29. The van der Waals surface area contributed by atoms with Crippen LogP contribution in [-0.2, 0) is 0 Å². The van der Waals surface area contributed by atoms with Crippen molar-refractivity contribution < 1.29 is 5.11 Å². The van der Waals surface area contributed by atoms with Crippen LogP contribution in [0.25, 0.3) is 5.52 Å². The molecule has 0 spiro atoms. The van der Waals surface area contributed by atoms with Crippen LogP contribution in [-0.4, -0.2) is 100 Å². The summed E-state index contributed by atoms with van der Waals surface area (Å²) in [6.45, 7) is 8.22. The zero-order chi connectivity index (χ0) is 20.3. The lowest BCUT2D eigenvalue weighted by Gasteiger charge is -2.36. The van der Waals surface area contributed by atoms with Crippen LogP contribution in [0.1, 0.15) is 0 Å². The topological polar surface area (TPSA) is 89.2 Å². The van der Waals surface area contributed by atoms with Crippen molar-refractivity contribution in [3.05, 3.63) is 36.8 Å². The van der Waals surface area contributed by atoms with Gasteiger partial charge in [0.1, 0.15) is 5.52 Å². The largest absolute Gasteiger partial charge is 0.395 e. The van der Waals surface area contributed by atoms with E-state index in [0.29, 0.717) is 0 Å².